The van der Waals surface area contributed by atoms with Gasteiger partial charge in [0.25, 0.3) is 0 Å². The molecule has 0 saturated heterocycles. The Morgan fingerprint density at radius 1 is 0.967 bits per heavy atom. The summed E-state index contributed by atoms with van der Waals surface area (Å²) in [5, 5.41) is 20.8. The van der Waals surface area contributed by atoms with Crippen LogP contribution in [-0.4, -0.2) is 40.3 Å². The van der Waals surface area contributed by atoms with Crippen molar-refractivity contribution >= 4 is 11.9 Å². The van der Waals surface area contributed by atoms with Gasteiger partial charge in [-0.25, -0.2) is 0 Å². The number of nitrogens with one attached hydrogen (secondary N) is 1. The molecule has 9 heteroatoms. The van der Waals surface area contributed by atoms with Crippen molar-refractivity contribution in [2.45, 2.75) is 75.4 Å². The minimum Gasteiger partial charge on any atom is -0.480 e. The van der Waals surface area contributed by atoms with E-state index in [1.54, 1.807) is 0 Å². The van der Waals surface area contributed by atoms with Gasteiger partial charge in [0.1, 0.15) is 0 Å². The summed E-state index contributed by atoms with van der Waals surface area (Å²) >= 11 is 0. The fourth-order valence-electron chi connectivity index (χ4n) is 4.09. The standard InChI is InChI=1S/C15H22N2.C6H8O4.2H3N.Pt/c16-12-6-8-13(9-7-12)17-15-10-14(15)11-4-2-1-3-5-11;7-4(8)6(5(9)10)2-1-3-6;;;/h1-5,12-15,17H,6-10,16H2;1-3H2,(H,7,8)(H,9,10);2*1H3;. The van der Waals surface area contributed by atoms with Crippen molar-refractivity contribution in [1.82, 2.24) is 17.6 Å². The molecule has 0 amide bonds. The zero-order valence-electron chi connectivity index (χ0n) is 17.4. The Balaban J connectivity index is 0.000000569. The van der Waals surface area contributed by atoms with E-state index >= 15 is 0 Å². The molecule has 174 valence electrons. The maximum absolute atomic E-state index is 10.4. The number of hydrogen-bond donors (Lipinski definition) is 6. The third-order valence-electron chi connectivity index (χ3n) is 6.27. The van der Waals surface area contributed by atoms with Crippen LogP contribution in [0, 0.1) is 5.41 Å². The van der Waals surface area contributed by atoms with E-state index in [1.165, 1.54) is 37.7 Å². The van der Waals surface area contributed by atoms with Gasteiger partial charge in [0.05, 0.1) is 0 Å². The van der Waals surface area contributed by atoms with Crippen molar-refractivity contribution < 1.29 is 40.9 Å². The summed E-state index contributed by atoms with van der Waals surface area (Å²) in [6, 6.07) is 12.8. The summed E-state index contributed by atoms with van der Waals surface area (Å²) in [5.74, 6) is -1.65. The van der Waals surface area contributed by atoms with E-state index < -0.39 is 17.4 Å². The predicted molar refractivity (Wildman–Crippen MR) is 113 cm³/mol. The smallest absolute Gasteiger partial charge is 0.321 e. The first-order valence-corrected chi connectivity index (χ1v) is 9.96. The number of rotatable bonds is 5. The normalized spacial score (nSPS) is 27.9. The molecule has 3 aliphatic carbocycles. The second-order valence-electron chi connectivity index (χ2n) is 8.18. The fourth-order valence-corrected chi connectivity index (χ4v) is 4.09. The number of benzene rings is 1. The van der Waals surface area contributed by atoms with Crippen molar-refractivity contribution in [3.63, 3.8) is 0 Å². The molecule has 0 aromatic heterocycles. The average molecular weight is 604 g/mol. The molecule has 0 heterocycles. The van der Waals surface area contributed by atoms with E-state index in [0.29, 0.717) is 18.5 Å². The molecule has 3 saturated carbocycles. The molecule has 0 aliphatic heterocycles. The van der Waals surface area contributed by atoms with Crippen molar-refractivity contribution in [3.05, 3.63) is 35.9 Å². The van der Waals surface area contributed by atoms with Gasteiger partial charge in [0.15, 0.2) is 5.41 Å². The summed E-state index contributed by atoms with van der Waals surface area (Å²) in [5.41, 5.74) is 5.99. The number of aliphatic carboxylic acids is 2. The van der Waals surface area contributed by atoms with Gasteiger partial charge in [-0.3, -0.25) is 9.59 Å². The molecule has 4 rings (SSSR count). The van der Waals surface area contributed by atoms with Gasteiger partial charge in [0.2, 0.25) is 0 Å². The minimum absolute atomic E-state index is 0. The van der Waals surface area contributed by atoms with Crippen LogP contribution in [0.2, 0.25) is 0 Å². The number of carboxylic acid groups (broad SMARTS) is 2. The Morgan fingerprint density at radius 2 is 1.50 bits per heavy atom. The van der Waals surface area contributed by atoms with Crippen LogP contribution in [0.15, 0.2) is 30.3 Å². The van der Waals surface area contributed by atoms with Gasteiger partial charge in [-0.05, 0) is 56.9 Å². The van der Waals surface area contributed by atoms with Crippen LogP contribution in [0.25, 0.3) is 0 Å². The molecule has 30 heavy (non-hydrogen) atoms. The van der Waals surface area contributed by atoms with Gasteiger partial charge in [-0.2, -0.15) is 0 Å². The van der Waals surface area contributed by atoms with Crippen molar-refractivity contribution in [2.75, 3.05) is 0 Å². The van der Waals surface area contributed by atoms with E-state index in [0.717, 1.165) is 12.0 Å². The molecule has 0 spiro atoms. The van der Waals surface area contributed by atoms with Crippen LogP contribution in [-0.2, 0) is 30.7 Å². The van der Waals surface area contributed by atoms with E-state index in [1.807, 2.05) is 0 Å². The molecule has 0 radical (unpaired) electrons. The first-order chi connectivity index (χ1) is 12.9. The number of carbonyl (C=O) groups is 2. The topological polar surface area (TPSA) is 183 Å². The Bertz CT molecular complexity index is 648. The zero-order chi connectivity index (χ0) is 19.4. The SMILES string of the molecule is N.N.NC1CCC(NC2CC2c2ccccc2)CC1.O=C(O)C1(C(=O)O)CCC1.[Pt]. The van der Waals surface area contributed by atoms with E-state index in [9.17, 15) is 9.59 Å². The molecule has 8 nitrogen and oxygen atoms in total. The van der Waals surface area contributed by atoms with Gasteiger partial charge >= 0.3 is 11.9 Å². The van der Waals surface area contributed by atoms with Crippen LogP contribution >= 0.6 is 0 Å². The van der Waals surface area contributed by atoms with Gasteiger partial charge < -0.3 is 33.6 Å². The molecular formula is C21H36N4O4Pt. The van der Waals surface area contributed by atoms with Gasteiger partial charge in [0, 0.05) is 45.1 Å². The number of hydrogen-bond acceptors (Lipinski definition) is 6. The Kier molecular flexibility index (Phi) is 12.0. The molecule has 2 unspecified atom stereocenters. The minimum atomic E-state index is -1.44. The maximum Gasteiger partial charge on any atom is 0.321 e. The number of nitrogens with two attached hydrogens (primary N) is 1. The van der Waals surface area contributed by atoms with E-state index in [-0.39, 0.29) is 46.2 Å². The largest absolute Gasteiger partial charge is 0.480 e. The molecule has 11 N–H and O–H groups in total. The monoisotopic (exact) mass is 603 g/mol. The predicted octanol–water partition coefficient (Wildman–Crippen LogP) is 3.05. The average Bonchev–Trinajstić information content (AvgIpc) is 3.36. The van der Waals surface area contributed by atoms with Gasteiger partial charge in [-0.15, -0.1) is 0 Å². The van der Waals surface area contributed by atoms with Gasteiger partial charge in [-0.1, -0.05) is 30.3 Å². The van der Waals surface area contributed by atoms with Crippen molar-refractivity contribution in [1.29, 1.82) is 0 Å². The summed E-state index contributed by atoms with van der Waals surface area (Å²) in [4.78, 5) is 20.7. The van der Waals surface area contributed by atoms with Crippen molar-refractivity contribution in [2.24, 2.45) is 11.1 Å². The third kappa shape index (κ3) is 6.85. The molecule has 1 aromatic carbocycles. The summed E-state index contributed by atoms with van der Waals surface area (Å²) in [7, 11) is 0. The van der Waals surface area contributed by atoms with Crippen LogP contribution in [0.5, 0.6) is 0 Å². The number of carboxylic acids is 2. The fraction of sp³-hybridized carbons (Fsp3) is 0.619. The molecule has 1 aromatic rings. The van der Waals surface area contributed by atoms with Crippen LogP contribution in [0.4, 0.5) is 0 Å². The Hall–Kier alpha value is -1.31. The molecule has 0 bridgehead atoms. The second-order valence-corrected chi connectivity index (χ2v) is 8.18. The molecule has 3 fully saturated rings. The summed E-state index contributed by atoms with van der Waals surface area (Å²) < 4.78 is 0. The Labute approximate surface area is 192 Å². The zero-order valence-corrected chi connectivity index (χ0v) is 19.6. The van der Waals surface area contributed by atoms with Crippen LogP contribution in [0.3, 0.4) is 0 Å². The molecular weight excluding hydrogens is 567 g/mol. The molecule has 3 aliphatic rings. The maximum atomic E-state index is 10.4. The third-order valence-corrected chi connectivity index (χ3v) is 6.27. The van der Waals surface area contributed by atoms with E-state index in [4.69, 9.17) is 15.9 Å². The molecule has 2 atom stereocenters. The van der Waals surface area contributed by atoms with E-state index in [2.05, 4.69) is 35.6 Å². The Morgan fingerprint density at radius 3 is 1.90 bits per heavy atom. The van der Waals surface area contributed by atoms with Crippen LogP contribution in [0.1, 0.15) is 62.8 Å². The second kappa shape index (κ2) is 12.5. The summed E-state index contributed by atoms with van der Waals surface area (Å²) in [6.07, 6.45) is 7.49. The first-order valence-electron chi connectivity index (χ1n) is 9.96. The summed E-state index contributed by atoms with van der Waals surface area (Å²) in [6.45, 7) is 0. The van der Waals surface area contributed by atoms with Crippen LogP contribution < -0.4 is 23.4 Å². The van der Waals surface area contributed by atoms with Crippen molar-refractivity contribution in [3.8, 4) is 0 Å². The quantitative estimate of drug-likeness (QED) is 0.278. The first kappa shape index (κ1) is 28.7.